The standard InChI is InChI=1S/C47H57N6O15P3/c1-7-52-24-11-14-30-25-37-39(27-40(30)52)47(2,3)38-26-32(50(4)5)18-20-36(38)43(37)34-15-8-9-16-35(34)45(56)51(6)23-12-17-41(54)48-22-10-13-31-28-53(46(57)49-44(31)55)42-21-19-33(66-42)29-65-70(61,62)68-71(63,64)67-69(58,59)60/h8-9,15-16,18,20,25-28,33,42H,7,11-12,14,17,19,21-24,29H2,1-6H3,(H5-,48,49,54,55,57,58,59,60,61,62,63,64)/t33-,42+/m0/s1. The van der Waals surface area contributed by atoms with Gasteiger partial charge in [0.15, 0.2) is 0 Å². The van der Waals surface area contributed by atoms with Gasteiger partial charge in [-0.1, -0.05) is 50.0 Å². The van der Waals surface area contributed by atoms with Gasteiger partial charge < -0.3 is 39.4 Å². The summed E-state index contributed by atoms with van der Waals surface area (Å²) < 4.78 is 55.4. The van der Waals surface area contributed by atoms with Crippen molar-refractivity contribution >= 4 is 46.5 Å². The van der Waals surface area contributed by atoms with E-state index in [-0.39, 0.29) is 55.1 Å². The number of nitrogens with zero attached hydrogens (tertiary/aromatic N) is 4. The number of phosphoric acid groups is 3. The number of amides is 2. The van der Waals surface area contributed by atoms with Crippen molar-refractivity contribution in [1.29, 1.82) is 0 Å². The Bertz CT molecular complexity index is 3230. The summed E-state index contributed by atoms with van der Waals surface area (Å²) in [5.41, 5.74) is 6.12. The molecule has 0 bridgehead atoms. The molecular formula is C47H57N6O15P3. The Morgan fingerprint density at radius 1 is 1.00 bits per heavy atom. The third kappa shape index (κ3) is 12.5. The van der Waals surface area contributed by atoms with Crippen LogP contribution in [0.15, 0.2) is 70.4 Å². The number of hydrogen-bond donors (Lipinski definition) is 5. The lowest BCUT2D eigenvalue weighted by atomic mass is 9.68. The zero-order valence-corrected chi connectivity index (χ0v) is 42.8. The molecule has 0 radical (unpaired) electrons. The first-order valence-electron chi connectivity index (χ1n) is 22.9. The molecule has 0 saturated carbocycles. The van der Waals surface area contributed by atoms with Gasteiger partial charge in [-0.2, -0.15) is 4.31 Å². The Balaban J connectivity index is 0.986. The number of aryl methyl sites for hydroxylation is 1. The Labute approximate surface area is 409 Å². The third-order valence-electron chi connectivity index (χ3n) is 12.7. The zero-order valence-electron chi connectivity index (χ0n) is 40.1. The number of fused-ring (bicyclic) bond motifs is 3. The number of H-pyrrole nitrogens is 1. The van der Waals surface area contributed by atoms with E-state index in [4.69, 9.17) is 9.63 Å². The fourth-order valence-corrected chi connectivity index (χ4v) is 12.2. The first kappa shape index (κ1) is 53.5. The number of anilines is 1. The van der Waals surface area contributed by atoms with Crippen LogP contribution in [0.5, 0.6) is 0 Å². The number of carbonyl (C=O) groups is 2. The van der Waals surface area contributed by atoms with Crippen LogP contribution in [0.2, 0.25) is 0 Å². The molecule has 380 valence electrons. The van der Waals surface area contributed by atoms with E-state index in [2.05, 4.69) is 95.9 Å². The molecule has 5 atom stereocenters. The quantitative estimate of drug-likeness (QED) is 0.0577. The van der Waals surface area contributed by atoms with E-state index in [1.165, 1.54) is 22.0 Å². The maximum atomic E-state index is 14.4. The van der Waals surface area contributed by atoms with E-state index < -0.39 is 53.7 Å². The van der Waals surface area contributed by atoms with E-state index in [0.717, 1.165) is 64.3 Å². The number of carbonyl (C=O) groups excluding carboxylic acids is 2. The minimum atomic E-state index is -5.82. The minimum Gasteiger partial charge on any atom is -0.756 e. The number of benzene rings is 3. The van der Waals surface area contributed by atoms with E-state index in [0.29, 0.717) is 12.0 Å². The summed E-state index contributed by atoms with van der Waals surface area (Å²) in [7, 11) is -11.2. The first-order chi connectivity index (χ1) is 33.4. The number of aromatic nitrogens is 2. The first-order valence-corrected chi connectivity index (χ1v) is 27.4. The number of hydrogen-bond acceptors (Lipinski definition) is 13. The van der Waals surface area contributed by atoms with Crippen molar-refractivity contribution in [2.24, 2.45) is 0 Å². The van der Waals surface area contributed by atoms with Crippen molar-refractivity contribution in [3.63, 3.8) is 0 Å². The van der Waals surface area contributed by atoms with Gasteiger partial charge in [-0.25, -0.2) is 22.8 Å². The Morgan fingerprint density at radius 2 is 1.75 bits per heavy atom. The van der Waals surface area contributed by atoms with Crippen LogP contribution in [0, 0.1) is 11.8 Å². The van der Waals surface area contributed by atoms with Crippen molar-refractivity contribution in [1.82, 2.24) is 24.3 Å². The predicted molar refractivity (Wildman–Crippen MR) is 260 cm³/mol. The molecule has 2 aliphatic heterocycles. The molecule has 4 aromatic rings. The number of aromatic amines is 1. The monoisotopic (exact) mass is 1040 g/mol. The molecule has 3 heterocycles. The van der Waals surface area contributed by atoms with Crippen LogP contribution in [-0.2, 0) is 48.2 Å². The van der Waals surface area contributed by atoms with Crippen LogP contribution in [0.4, 0.5) is 5.69 Å². The molecule has 3 aliphatic rings. The van der Waals surface area contributed by atoms with Gasteiger partial charge in [0.25, 0.3) is 19.3 Å². The normalized spacial score (nSPS) is 19.4. The number of phosphoric ester groups is 1. The lowest BCUT2D eigenvalue weighted by Gasteiger charge is -2.36. The molecule has 3 unspecified atom stereocenters. The molecule has 71 heavy (non-hydrogen) atoms. The highest BCUT2D eigenvalue weighted by Gasteiger charge is 2.40. The average Bonchev–Trinajstić information content (AvgIpc) is 3.77. The van der Waals surface area contributed by atoms with Gasteiger partial charge in [-0.3, -0.25) is 33.0 Å². The second-order valence-electron chi connectivity index (χ2n) is 18.2. The molecule has 1 fully saturated rings. The van der Waals surface area contributed by atoms with Gasteiger partial charge in [-0.05, 0) is 89.9 Å². The predicted octanol–water partition coefficient (Wildman–Crippen LogP) is 2.36. The van der Waals surface area contributed by atoms with Gasteiger partial charge in [0.1, 0.15) is 24.9 Å². The Kier molecular flexibility index (Phi) is 16.1. The lowest BCUT2D eigenvalue weighted by Crippen LogP contribution is -2.43. The summed E-state index contributed by atoms with van der Waals surface area (Å²) in [6, 6.07) is 19.0. The van der Waals surface area contributed by atoms with Crippen LogP contribution in [0.3, 0.4) is 0 Å². The van der Waals surface area contributed by atoms with Gasteiger partial charge in [0.05, 0.1) is 19.3 Å². The summed E-state index contributed by atoms with van der Waals surface area (Å²) in [5.74, 6) is 4.79. The molecule has 7 rings (SSSR count). The SMILES string of the molecule is CC[N+]1=c2cc3c(cc2CCC1)=C(c1ccccc1C(=O)N(C)CCCC(=O)NCC#Cc1cn([C@H]2CC[C@@H](COP(=O)(O)OP(=O)(O)OP(=O)([O-])O)O2)c(=O)[nH]c1=O)c1ccc(N(C)C)cc1C3(C)C. The van der Waals surface area contributed by atoms with Crippen LogP contribution in [0.1, 0.15) is 103 Å². The maximum Gasteiger partial charge on any atom is 0.487 e. The van der Waals surface area contributed by atoms with Crippen molar-refractivity contribution < 1.29 is 60.7 Å². The summed E-state index contributed by atoms with van der Waals surface area (Å²) in [5, 5.41) is 5.08. The van der Waals surface area contributed by atoms with E-state index in [1.807, 2.05) is 38.4 Å². The largest absolute Gasteiger partial charge is 0.756 e. The van der Waals surface area contributed by atoms with Crippen molar-refractivity contribution in [2.45, 2.75) is 77.0 Å². The highest BCUT2D eigenvalue weighted by molar-refractivity contribution is 7.66. The zero-order chi connectivity index (χ0) is 51.6. The van der Waals surface area contributed by atoms with Crippen LogP contribution in [-0.4, -0.2) is 101 Å². The second kappa shape index (κ2) is 21.4. The van der Waals surface area contributed by atoms with Crippen LogP contribution < -0.4 is 41.5 Å². The molecule has 24 heteroatoms. The average molecular weight is 1040 g/mol. The molecule has 5 N–H and O–H groups in total. The summed E-state index contributed by atoms with van der Waals surface area (Å²) >= 11 is 0. The fraction of sp³-hybridized carbons (Fsp3) is 0.426. The number of nitrogens with one attached hydrogen (secondary N) is 2. The summed E-state index contributed by atoms with van der Waals surface area (Å²) in [6.45, 7) is 8.08. The van der Waals surface area contributed by atoms with Gasteiger partial charge in [0.2, 0.25) is 11.3 Å². The second-order valence-corrected chi connectivity index (χ2v) is 22.5. The smallest absolute Gasteiger partial charge is 0.487 e. The fourth-order valence-electron chi connectivity index (χ4n) is 9.21. The third-order valence-corrected chi connectivity index (χ3v) is 16.5. The minimum absolute atomic E-state index is 0.0768. The van der Waals surface area contributed by atoms with Crippen LogP contribution in [0.25, 0.3) is 5.57 Å². The lowest BCUT2D eigenvalue weighted by molar-refractivity contribution is -0.212. The maximum absolute atomic E-state index is 14.4. The number of rotatable bonds is 17. The Morgan fingerprint density at radius 3 is 2.46 bits per heavy atom. The van der Waals surface area contributed by atoms with Gasteiger partial charge in [0, 0.05) is 75.0 Å². The summed E-state index contributed by atoms with van der Waals surface area (Å²) in [6.07, 6.45) is 1.87. The van der Waals surface area contributed by atoms with E-state index in [1.54, 1.807) is 11.9 Å². The van der Waals surface area contributed by atoms with Crippen LogP contribution >= 0.6 is 23.5 Å². The molecule has 1 saturated heterocycles. The van der Waals surface area contributed by atoms with E-state index in [9.17, 15) is 47.6 Å². The highest BCUT2D eigenvalue weighted by atomic mass is 31.3. The Hall–Kier alpha value is -5.32. The topological polar surface area (TPSA) is 282 Å². The summed E-state index contributed by atoms with van der Waals surface area (Å²) in [4.78, 5) is 96.8. The van der Waals surface area contributed by atoms with Crippen molar-refractivity contribution in [3.8, 4) is 11.8 Å². The molecule has 0 spiro atoms. The number of ether oxygens (including phenoxy) is 1. The molecule has 3 aromatic carbocycles. The van der Waals surface area contributed by atoms with Gasteiger partial charge in [-0.15, -0.1) is 0 Å². The van der Waals surface area contributed by atoms with Crippen molar-refractivity contribution in [2.75, 3.05) is 58.8 Å². The van der Waals surface area contributed by atoms with Gasteiger partial charge >= 0.3 is 21.3 Å². The molecule has 2 amide bonds. The molecule has 1 aromatic heterocycles. The highest BCUT2D eigenvalue weighted by Crippen LogP contribution is 2.65. The molecular weight excluding hydrogens is 981 g/mol. The van der Waals surface area contributed by atoms with Crippen molar-refractivity contribution in [3.05, 3.63) is 131 Å². The molecule has 21 nitrogen and oxygen atoms in total. The molecule has 1 aliphatic carbocycles. The van der Waals surface area contributed by atoms with E-state index >= 15 is 0 Å².